The van der Waals surface area contributed by atoms with Crippen molar-refractivity contribution in [2.75, 3.05) is 6.54 Å². The fourth-order valence-corrected chi connectivity index (χ4v) is 2.84. The Balaban J connectivity index is 2.71. The Kier molecular flexibility index (Phi) is 4.38. The normalized spacial score (nSPS) is 15.7. The van der Waals surface area contributed by atoms with Crippen LogP contribution in [0.1, 0.15) is 24.3 Å². The number of hydrogen-bond acceptors (Lipinski definition) is 3. The van der Waals surface area contributed by atoms with Crippen molar-refractivity contribution < 1.29 is 0 Å². The second-order valence-electron chi connectivity index (χ2n) is 3.10. The number of hydrogen-bond donors (Lipinski definition) is 2. The number of rotatable bonds is 4. The van der Waals surface area contributed by atoms with Gasteiger partial charge in [-0.05, 0) is 34.5 Å². The minimum absolute atomic E-state index is 0.0892. The van der Waals surface area contributed by atoms with Gasteiger partial charge in [0.2, 0.25) is 0 Å². The van der Waals surface area contributed by atoms with Crippen molar-refractivity contribution in [2.45, 2.75) is 19.4 Å². The molecule has 1 rings (SSSR count). The SMILES string of the molecule is CCC(CN)C(N)c1cc(Br)cs1. The molecule has 0 saturated carbocycles. The van der Waals surface area contributed by atoms with E-state index in [1.807, 2.05) is 0 Å². The first-order valence-corrected chi connectivity index (χ1v) is 6.05. The average molecular weight is 263 g/mol. The molecule has 1 aromatic rings. The highest BCUT2D eigenvalue weighted by Crippen LogP contribution is 2.29. The molecule has 0 aliphatic carbocycles. The van der Waals surface area contributed by atoms with Crippen LogP contribution in [-0.4, -0.2) is 6.54 Å². The molecule has 4 heteroatoms. The van der Waals surface area contributed by atoms with E-state index >= 15 is 0 Å². The second-order valence-corrected chi connectivity index (χ2v) is 4.96. The summed E-state index contributed by atoms with van der Waals surface area (Å²) in [6.45, 7) is 2.78. The van der Waals surface area contributed by atoms with E-state index in [9.17, 15) is 0 Å². The Morgan fingerprint density at radius 1 is 1.62 bits per heavy atom. The Hall–Kier alpha value is 0.1000. The minimum Gasteiger partial charge on any atom is -0.330 e. The van der Waals surface area contributed by atoms with E-state index in [2.05, 4.69) is 34.3 Å². The van der Waals surface area contributed by atoms with Crippen LogP contribution in [0.25, 0.3) is 0 Å². The molecule has 0 amide bonds. The summed E-state index contributed by atoms with van der Waals surface area (Å²) in [4.78, 5) is 1.21. The first-order valence-electron chi connectivity index (χ1n) is 4.38. The van der Waals surface area contributed by atoms with Crippen LogP contribution in [0.5, 0.6) is 0 Å². The summed E-state index contributed by atoms with van der Waals surface area (Å²) in [6, 6.07) is 2.17. The zero-order chi connectivity index (χ0) is 9.84. The lowest BCUT2D eigenvalue weighted by Crippen LogP contribution is -2.26. The fraction of sp³-hybridized carbons (Fsp3) is 0.556. The van der Waals surface area contributed by atoms with E-state index in [1.165, 1.54) is 4.88 Å². The summed E-state index contributed by atoms with van der Waals surface area (Å²) >= 11 is 5.11. The van der Waals surface area contributed by atoms with E-state index in [1.54, 1.807) is 11.3 Å². The van der Waals surface area contributed by atoms with Gasteiger partial charge in [0.1, 0.15) is 0 Å². The Labute approximate surface area is 91.4 Å². The maximum atomic E-state index is 6.08. The molecule has 0 fully saturated rings. The molecule has 0 radical (unpaired) electrons. The molecule has 2 nitrogen and oxygen atoms in total. The Bertz CT molecular complexity index is 258. The van der Waals surface area contributed by atoms with Crippen molar-refractivity contribution in [3.05, 3.63) is 20.8 Å². The molecule has 0 saturated heterocycles. The molecule has 0 aliphatic rings. The predicted octanol–water partition coefficient (Wildman–Crippen LogP) is 2.50. The van der Waals surface area contributed by atoms with Gasteiger partial charge < -0.3 is 11.5 Å². The highest BCUT2D eigenvalue weighted by atomic mass is 79.9. The summed E-state index contributed by atoms with van der Waals surface area (Å²) in [5.41, 5.74) is 11.7. The smallest absolute Gasteiger partial charge is 0.0430 e. The van der Waals surface area contributed by atoms with Crippen LogP contribution in [0.15, 0.2) is 15.9 Å². The van der Waals surface area contributed by atoms with E-state index in [0.717, 1.165) is 10.9 Å². The van der Waals surface area contributed by atoms with Gasteiger partial charge in [-0.15, -0.1) is 11.3 Å². The predicted molar refractivity (Wildman–Crippen MR) is 61.8 cm³/mol. The molecular formula is C9H15BrN2S. The first-order chi connectivity index (χ1) is 6.19. The molecule has 0 aliphatic heterocycles. The highest BCUT2D eigenvalue weighted by molar-refractivity contribution is 9.10. The van der Waals surface area contributed by atoms with Crippen LogP contribution in [0.4, 0.5) is 0 Å². The molecule has 13 heavy (non-hydrogen) atoms. The zero-order valence-corrected chi connectivity index (χ0v) is 10.1. The molecule has 1 heterocycles. The summed E-state index contributed by atoms with van der Waals surface area (Å²) in [5, 5.41) is 2.05. The molecule has 0 aromatic carbocycles. The van der Waals surface area contributed by atoms with Gasteiger partial charge >= 0.3 is 0 Å². The Morgan fingerprint density at radius 2 is 2.31 bits per heavy atom. The van der Waals surface area contributed by atoms with Crippen molar-refractivity contribution in [3.63, 3.8) is 0 Å². The van der Waals surface area contributed by atoms with Crippen molar-refractivity contribution >= 4 is 27.3 Å². The maximum Gasteiger partial charge on any atom is 0.0430 e. The van der Waals surface area contributed by atoms with Crippen molar-refractivity contribution in [3.8, 4) is 0 Å². The Morgan fingerprint density at radius 3 is 2.69 bits per heavy atom. The lowest BCUT2D eigenvalue weighted by Gasteiger charge is -2.19. The van der Waals surface area contributed by atoms with Crippen LogP contribution in [0.3, 0.4) is 0 Å². The van der Waals surface area contributed by atoms with Gasteiger partial charge in [-0.1, -0.05) is 13.3 Å². The largest absolute Gasteiger partial charge is 0.330 e. The van der Waals surface area contributed by atoms with E-state index in [0.29, 0.717) is 12.5 Å². The quantitative estimate of drug-likeness (QED) is 0.876. The monoisotopic (exact) mass is 262 g/mol. The maximum absolute atomic E-state index is 6.08. The summed E-state index contributed by atoms with van der Waals surface area (Å²) in [6.07, 6.45) is 1.03. The number of thiophene rings is 1. The van der Waals surface area contributed by atoms with Gasteiger partial charge in [0, 0.05) is 20.8 Å². The molecule has 2 atom stereocenters. The second kappa shape index (κ2) is 5.10. The van der Waals surface area contributed by atoms with E-state index in [-0.39, 0.29) is 6.04 Å². The molecule has 2 unspecified atom stereocenters. The summed E-state index contributed by atoms with van der Waals surface area (Å²) in [5.74, 6) is 0.394. The van der Waals surface area contributed by atoms with Crippen LogP contribution in [-0.2, 0) is 0 Å². The number of nitrogens with two attached hydrogens (primary N) is 2. The average Bonchev–Trinajstić information content (AvgIpc) is 2.54. The first kappa shape index (κ1) is 11.2. The van der Waals surface area contributed by atoms with Gasteiger partial charge in [-0.3, -0.25) is 0 Å². The summed E-state index contributed by atoms with van der Waals surface area (Å²) in [7, 11) is 0. The van der Waals surface area contributed by atoms with Gasteiger partial charge in [0.05, 0.1) is 0 Å². The molecule has 0 spiro atoms. The van der Waals surface area contributed by atoms with Crippen molar-refractivity contribution in [1.82, 2.24) is 0 Å². The van der Waals surface area contributed by atoms with Crippen LogP contribution < -0.4 is 11.5 Å². The van der Waals surface area contributed by atoms with Crippen molar-refractivity contribution in [2.24, 2.45) is 17.4 Å². The van der Waals surface area contributed by atoms with E-state index in [4.69, 9.17) is 11.5 Å². The molecule has 74 valence electrons. The number of halogens is 1. The van der Waals surface area contributed by atoms with Gasteiger partial charge in [-0.2, -0.15) is 0 Å². The highest BCUT2D eigenvalue weighted by Gasteiger charge is 2.17. The van der Waals surface area contributed by atoms with Gasteiger partial charge in [0.25, 0.3) is 0 Å². The topological polar surface area (TPSA) is 52.0 Å². The van der Waals surface area contributed by atoms with Gasteiger partial charge in [-0.25, -0.2) is 0 Å². The summed E-state index contributed by atoms with van der Waals surface area (Å²) < 4.78 is 1.11. The molecule has 0 bridgehead atoms. The van der Waals surface area contributed by atoms with Crippen LogP contribution >= 0.6 is 27.3 Å². The third-order valence-electron chi connectivity index (χ3n) is 2.25. The van der Waals surface area contributed by atoms with E-state index < -0.39 is 0 Å². The molecule has 1 aromatic heterocycles. The minimum atomic E-state index is 0.0892. The third-order valence-corrected chi connectivity index (χ3v) is 4.05. The lowest BCUT2D eigenvalue weighted by molar-refractivity contribution is 0.433. The molecular weight excluding hydrogens is 248 g/mol. The lowest BCUT2D eigenvalue weighted by atomic mass is 9.97. The van der Waals surface area contributed by atoms with Gasteiger partial charge in [0.15, 0.2) is 0 Å². The zero-order valence-electron chi connectivity index (χ0n) is 7.66. The standard InChI is InChI=1S/C9H15BrN2S/c1-2-6(4-11)9(12)8-3-7(10)5-13-8/h3,5-6,9H,2,4,11-12H2,1H3. The fourth-order valence-electron chi connectivity index (χ4n) is 1.30. The molecule has 4 N–H and O–H groups in total. The van der Waals surface area contributed by atoms with Crippen LogP contribution in [0.2, 0.25) is 0 Å². The third kappa shape index (κ3) is 2.77. The van der Waals surface area contributed by atoms with Crippen LogP contribution in [0, 0.1) is 5.92 Å². The van der Waals surface area contributed by atoms with Crippen molar-refractivity contribution in [1.29, 1.82) is 0 Å².